The maximum Gasteiger partial charge on any atom is 0.416 e. The second-order valence-corrected chi connectivity index (χ2v) is 4.24. The zero-order chi connectivity index (χ0) is 15.5. The van der Waals surface area contributed by atoms with Gasteiger partial charge < -0.3 is 10.1 Å². The topological polar surface area (TPSA) is 47.0 Å². The molecule has 1 N–H and O–H groups in total. The van der Waals surface area contributed by atoms with Gasteiger partial charge in [-0.05, 0) is 25.1 Å². The third-order valence-electron chi connectivity index (χ3n) is 2.75. The highest BCUT2D eigenvalue weighted by Gasteiger charge is 2.31. The number of nitrogens with one attached hydrogen (secondary N) is 1. The Kier molecular flexibility index (Phi) is 4.30. The molecule has 2 aromatic heterocycles. The van der Waals surface area contributed by atoms with Gasteiger partial charge in [0.15, 0.2) is 0 Å². The van der Waals surface area contributed by atoms with E-state index in [0.29, 0.717) is 18.0 Å². The van der Waals surface area contributed by atoms with Gasteiger partial charge in [-0.3, -0.25) is 0 Å². The number of anilines is 1. The lowest BCUT2D eigenvalue weighted by Gasteiger charge is -2.12. The molecule has 0 saturated carbocycles. The highest BCUT2D eigenvalue weighted by atomic mass is 19.4. The molecule has 2 rings (SSSR count). The summed E-state index contributed by atoms with van der Waals surface area (Å²) in [6.07, 6.45) is -3.00. The summed E-state index contributed by atoms with van der Waals surface area (Å²) in [5.41, 5.74) is -0.0590. The van der Waals surface area contributed by atoms with Crippen LogP contribution in [0.3, 0.4) is 0 Å². The fraction of sp³-hybridized carbons (Fsp3) is 0.286. The lowest BCUT2D eigenvalue weighted by molar-refractivity contribution is -0.137. The molecule has 0 saturated heterocycles. The maximum atomic E-state index is 12.9. The van der Waals surface area contributed by atoms with Crippen LogP contribution in [0.25, 0.3) is 11.3 Å². The van der Waals surface area contributed by atoms with E-state index in [1.807, 2.05) is 0 Å². The molecule has 0 fully saturated rings. The standard InChI is InChI=1S/C14H14F3N3O/c1-3-18-12-7-10(14(15,16)17)6-11(20-12)9-4-5-13(21-2)19-8-9/h4-8H,3H2,1-2H3,(H,18,20). The van der Waals surface area contributed by atoms with Crippen LogP contribution in [0.2, 0.25) is 0 Å². The summed E-state index contributed by atoms with van der Waals surface area (Å²) >= 11 is 0. The van der Waals surface area contributed by atoms with E-state index in [-0.39, 0.29) is 11.5 Å². The second-order valence-electron chi connectivity index (χ2n) is 4.24. The molecule has 0 aliphatic carbocycles. The van der Waals surface area contributed by atoms with E-state index < -0.39 is 11.7 Å². The van der Waals surface area contributed by atoms with E-state index in [2.05, 4.69) is 15.3 Å². The molecule has 0 radical (unpaired) electrons. The van der Waals surface area contributed by atoms with Crippen molar-refractivity contribution in [1.29, 1.82) is 0 Å². The summed E-state index contributed by atoms with van der Waals surface area (Å²) in [6, 6.07) is 5.18. The Morgan fingerprint density at radius 1 is 1.24 bits per heavy atom. The molecule has 2 heterocycles. The average molecular weight is 297 g/mol. The molecule has 2 aromatic rings. The molecule has 0 aromatic carbocycles. The van der Waals surface area contributed by atoms with E-state index in [1.165, 1.54) is 13.3 Å². The van der Waals surface area contributed by atoms with Gasteiger partial charge in [-0.1, -0.05) is 0 Å². The van der Waals surface area contributed by atoms with Crippen LogP contribution in [0.1, 0.15) is 12.5 Å². The van der Waals surface area contributed by atoms with E-state index in [0.717, 1.165) is 12.1 Å². The normalized spacial score (nSPS) is 11.3. The van der Waals surface area contributed by atoms with Gasteiger partial charge in [0, 0.05) is 24.4 Å². The zero-order valence-corrected chi connectivity index (χ0v) is 11.5. The Balaban J connectivity index is 2.48. The van der Waals surface area contributed by atoms with Crippen LogP contribution < -0.4 is 10.1 Å². The van der Waals surface area contributed by atoms with Crippen molar-refractivity contribution in [1.82, 2.24) is 9.97 Å². The molecule has 0 amide bonds. The Morgan fingerprint density at radius 3 is 2.52 bits per heavy atom. The van der Waals surface area contributed by atoms with Gasteiger partial charge in [-0.2, -0.15) is 13.2 Å². The van der Waals surface area contributed by atoms with Crippen molar-refractivity contribution < 1.29 is 17.9 Å². The molecular formula is C14H14F3N3O. The Labute approximate surface area is 120 Å². The minimum Gasteiger partial charge on any atom is -0.481 e. The highest BCUT2D eigenvalue weighted by Crippen LogP contribution is 2.33. The molecule has 0 unspecified atom stereocenters. The summed E-state index contributed by atoms with van der Waals surface area (Å²) in [6.45, 7) is 2.27. The molecular weight excluding hydrogens is 283 g/mol. The molecule has 21 heavy (non-hydrogen) atoms. The number of ether oxygens (including phenoxy) is 1. The van der Waals surface area contributed by atoms with Gasteiger partial charge in [-0.15, -0.1) is 0 Å². The van der Waals surface area contributed by atoms with Crippen molar-refractivity contribution >= 4 is 5.82 Å². The number of rotatable bonds is 4. The van der Waals surface area contributed by atoms with Gasteiger partial charge in [0.2, 0.25) is 5.88 Å². The van der Waals surface area contributed by atoms with Crippen molar-refractivity contribution in [2.24, 2.45) is 0 Å². The number of pyridine rings is 2. The Morgan fingerprint density at radius 2 is 2.00 bits per heavy atom. The van der Waals surface area contributed by atoms with Crippen molar-refractivity contribution in [2.75, 3.05) is 19.0 Å². The third-order valence-corrected chi connectivity index (χ3v) is 2.75. The van der Waals surface area contributed by atoms with Crippen LogP contribution in [-0.2, 0) is 6.18 Å². The number of alkyl halides is 3. The summed E-state index contributed by atoms with van der Waals surface area (Å²) in [7, 11) is 1.47. The van der Waals surface area contributed by atoms with Gasteiger partial charge in [-0.25, -0.2) is 9.97 Å². The van der Waals surface area contributed by atoms with Crippen molar-refractivity contribution in [3.8, 4) is 17.1 Å². The number of halogens is 3. The van der Waals surface area contributed by atoms with Crippen molar-refractivity contribution in [3.05, 3.63) is 36.0 Å². The number of methoxy groups -OCH3 is 1. The number of aromatic nitrogens is 2. The van der Waals surface area contributed by atoms with E-state index >= 15 is 0 Å². The molecule has 112 valence electrons. The molecule has 7 heteroatoms. The number of nitrogens with zero attached hydrogens (tertiary/aromatic N) is 2. The van der Waals surface area contributed by atoms with E-state index in [1.54, 1.807) is 19.1 Å². The van der Waals surface area contributed by atoms with Crippen molar-refractivity contribution in [2.45, 2.75) is 13.1 Å². The highest BCUT2D eigenvalue weighted by molar-refractivity contribution is 5.62. The predicted octanol–water partition coefficient (Wildman–Crippen LogP) is 3.60. The molecule has 0 bridgehead atoms. The first-order chi connectivity index (χ1) is 9.94. The van der Waals surface area contributed by atoms with Crippen LogP contribution >= 0.6 is 0 Å². The second kappa shape index (κ2) is 5.99. The summed E-state index contributed by atoms with van der Waals surface area (Å²) in [4.78, 5) is 8.15. The van der Waals surface area contributed by atoms with E-state index in [9.17, 15) is 13.2 Å². The summed E-state index contributed by atoms with van der Waals surface area (Å²) in [5, 5.41) is 2.80. The lowest BCUT2D eigenvalue weighted by atomic mass is 10.1. The molecule has 0 spiro atoms. The predicted molar refractivity (Wildman–Crippen MR) is 73.2 cm³/mol. The monoisotopic (exact) mass is 297 g/mol. The van der Waals surface area contributed by atoms with Crippen LogP contribution in [0.15, 0.2) is 30.5 Å². The molecule has 0 aliphatic rings. The molecule has 0 aliphatic heterocycles. The number of hydrogen-bond donors (Lipinski definition) is 1. The summed E-state index contributed by atoms with van der Waals surface area (Å²) in [5.74, 6) is 0.566. The quantitative estimate of drug-likeness (QED) is 0.936. The van der Waals surface area contributed by atoms with Crippen LogP contribution in [0, 0.1) is 0 Å². The first-order valence-corrected chi connectivity index (χ1v) is 6.27. The van der Waals surface area contributed by atoms with Crippen LogP contribution in [-0.4, -0.2) is 23.6 Å². The lowest BCUT2D eigenvalue weighted by Crippen LogP contribution is -2.08. The number of hydrogen-bond acceptors (Lipinski definition) is 4. The zero-order valence-electron chi connectivity index (χ0n) is 11.5. The average Bonchev–Trinajstić information content (AvgIpc) is 2.46. The van der Waals surface area contributed by atoms with Crippen molar-refractivity contribution in [3.63, 3.8) is 0 Å². The van der Waals surface area contributed by atoms with Gasteiger partial charge in [0.1, 0.15) is 5.82 Å². The molecule has 4 nitrogen and oxygen atoms in total. The maximum absolute atomic E-state index is 12.9. The van der Waals surface area contributed by atoms with Gasteiger partial charge in [0.25, 0.3) is 0 Å². The first-order valence-electron chi connectivity index (χ1n) is 6.27. The van der Waals surface area contributed by atoms with E-state index in [4.69, 9.17) is 4.74 Å². The minimum absolute atomic E-state index is 0.179. The Hall–Kier alpha value is -2.31. The summed E-state index contributed by atoms with van der Waals surface area (Å²) < 4.78 is 43.7. The van der Waals surface area contributed by atoms with Crippen LogP contribution in [0.4, 0.5) is 19.0 Å². The van der Waals surface area contributed by atoms with Gasteiger partial charge >= 0.3 is 6.18 Å². The SMILES string of the molecule is CCNc1cc(C(F)(F)F)cc(-c2ccc(OC)nc2)n1. The first kappa shape index (κ1) is 15.1. The largest absolute Gasteiger partial charge is 0.481 e. The third kappa shape index (κ3) is 3.62. The van der Waals surface area contributed by atoms with Gasteiger partial charge in [0.05, 0.1) is 18.4 Å². The minimum atomic E-state index is -4.43. The smallest absolute Gasteiger partial charge is 0.416 e. The molecule has 0 atom stereocenters. The fourth-order valence-electron chi connectivity index (χ4n) is 1.77. The Bertz CT molecular complexity index is 612. The fourth-order valence-corrected chi connectivity index (χ4v) is 1.77. The van der Waals surface area contributed by atoms with Crippen LogP contribution in [0.5, 0.6) is 5.88 Å².